The van der Waals surface area contributed by atoms with Crippen LogP contribution in [0.3, 0.4) is 0 Å². The molecule has 7 nitrogen and oxygen atoms in total. The van der Waals surface area contributed by atoms with Crippen molar-refractivity contribution in [2.24, 2.45) is 5.92 Å². The van der Waals surface area contributed by atoms with E-state index in [1.807, 2.05) is 10.9 Å². The number of amides is 1. The summed E-state index contributed by atoms with van der Waals surface area (Å²) >= 11 is 0. The van der Waals surface area contributed by atoms with Gasteiger partial charge in [0.25, 0.3) is 5.91 Å². The van der Waals surface area contributed by atoms with Gasteiger partial charge in [0.1, 0.15) is 5.75 Å². The summed E-state index contributed by atoms with van der Waals surface area (Å²) in [5, 5.41) is 8.17. The number of methoxy groups -OCH3 is 1. The van der Waals surface area contributed by atoms with Gasteiger partial charge in [0.15, 0.2) is 0 Å². The Morgan fingerprint density at radius 2 is 1.84 bits per heavy atom. The number of halogens is 3. The number of nitrogens with zero attached hydrogens (tertiary/aromatic N) is 4. The Morgan fingerprint density at radius 3 is 2.45 bits per heavy atom. The molecule has 2 aromatic heterocycles. The monoisotopic (exact) mass is 433 g/mol. The lowest BCUT2D eigenvalue weighted by atomic mass is 9.87. The largest absolute Gasteiger partial charge is 0.494 e. The van der Waals surface area contributed by atoms with E-state index in [1.165, 1.54) is 20.0 Å². The van der Waals surface area contributed by atoms with Crippen LogP contribution in [0.5, 0.6) is 5.75 Å². The topological polar surface area (TPSA) is 81.9 Å². The lowest BCUT2D eigenvalue weighted by Gasteiger charge is -2.26. The molecule has 1 aliphatic rings. The van der Waals surface area contributed by atoms with E-state index in [2.05, 4.69) is 27.3 Å². The van der Waals surface area contributed by atoms with Gasteiger partial charge >= 0.3 is 6.18 Å². The van der Waals surface area contributed by atoms with E-state index in [-0.39, 0.29) is 5.56 Å². The van der Waals surface area contributed by atoms with Crippen LogP contribution in [0.4, 0.5) is 18.9 Å². The zero-order valence-electron chi connectivity index (χ0n) is 17.1. The minimum atomic E-state index is -4.67. The van der Waals surface area contributed by atoms with Gasteiger partial charge in [-0.15, -0.1) is 0 Å². The van der Waals surface area contributed by atoms with E-state index >= 15 is 0 Å². The van der Waals surface area contributed by atoms with Gasteiger partial charge in [-0.3, -0.25) is 9.48 Å². The first-order valence-corrected chi connectivity index (χ1v) is 10.0. The quantitative estimate of drug-likeness (QED) is 0.636. The fourth-order valence-corrected chi connectivity index (χ4v) is 3.82. The zero-order chi connectivity index (χ0) is 22.2. The third kappa shape index (κ3) is 4.47. The van der Waals surface area contributed by atoms with E-state index in [1.54, 1.807) is 12.1 Å². The van der Waals surface area contributed by atoms with Crippen LogP contribution in [-0.4, -0.2) is 32.8 Å². The molecule has 1 fully saturated rings. The fraction of sp³-hybridized carbons (Fsp3) is 0.429. The number of rotatable bonds is 4. The molecule has 31 heavy (non-hydrogen) atoms. The van der Waals surface area contributed by atoms with E-state index in [0.717, 1.165) is 42.1 Å². The van der Waals surface area contributed by atoms with Crippen molar-refractivity contribution in [3.05, 3.63) is 42.1 Å². The molecule has 164 valence electrons. The average molecular weight is 433 g/mol. The van der Waals surface area contributed by atoms with Crippen LogP contribution in [0.1, 0.15) is 54.8 Å². The summed E-state index contributed by atoms with van der Waals surface area (Å²) in [6, 6.07) is 3.82. The van der Waals surface area contributed by atoms with Crippen molar-refractivity contribution >= 4 is 22.5 Å². The van der Waals surface area contributed by atoms with Gasteiger partial charge < -0.3 is 10.1 Å². The molecule has 1 aliphatic carbocycles. The molecule has 0 unspecified atom stereocenters. The molecule has 0 spiro atoms. The van der Waals surface area contributed by atoms with E-state index < -0.39 is 17.9 Å². The highest BCUT2D eigenvalue weighted by molar-refractivity contribution is 6.05. The lowest BCUT2D eigenvalue weighted by Crippen LogP contribution is -2.16. The maximum Gasteiger partial charge on any atom is 0.451 e. The standard InChI is InChI=1S/C21H22F3N5O2/c1-12-3-5-15(6-4-12)29-11-13-7-17(18(31-2)8-16(13)28-29)27-19(30)14-9-25-20(26-10-14)21(22,23)24/h7-12,15H,3-6H2,1-2H3,(H,27,30)/t12-,15-. The van der Waals surface area contributed by atoms with Crippen molar-refractivity contribution in [3.63, 3.8) is 0 Å². The van der Waals surface area contributed by atoms with Crippen LogP contribution in [0.25, 0.3) is 10.9 Å². The average Bonchev–Trinajstić information content (AvgIpc) is 3.16. The summed E-state index contributed by atoms with van der Waals surface area (Å²) in [4.78, 5) is 19.0. The van der Waals surface area contributed by atoms with Gasteiger partial charge in [0.05, 0.1) is 29.9 Å². The number of hydrogen-bond acceptors (Lipinski definition) is 5. The molecule has 1 amide bonds. The maximum atomic E-state index is 12.6. The first-order chi connectivity index (χ1) is 14.7. The molecule has 4 rings (SSSR count). The third-order valence-corrected chi connectivity index (χ3v) is 5.62. The number of anilines is 1. The molecule has 0 radical (unpaired) electrons. The van der Waals surface area contributed by atoms with Crippen LogP contribution < -0.4 is 10.1 Å². The van der Waals surface area contributed by atoms with Crippen LogP contribution in [0, 0.1) is 5.92 Å². The highest BCUT2D eigenvalue weighted by Crippen LogP contribution is 2.35. The SMILES string of the molecule is COc1cc2nn([C@H]3CC[C@H](C)CC3)cc2cc1NC(=O)c1cnc(C(F)(F)F)nc1. The Hall–Kier alpha value is -3.17. The van der Waals surface area contributed by atoms with Gasteiger partial charge in [-0.1, -0.05) is 6.92 Å². The zero-order valence-corrected chi connectivity index (χ0v) is 17.1. The van der Waals surface area contributed by atoms with Crippen molar-refractivity contribution in [1.82, 2.24) is 19.7 Å². The second kappa shape index (κ2) is 8.16. The molecule has 10 heteroatoms. The molecular formula is C21H22F3N5O2. The van der Waals surface area contributed by atoms with Crippen molar-refractivity contribution in [1.29, 1.82) is 0 Å². The first kappa shape index (κ1) is 21.1. The lowest BCUT2D eigenvalue weighted by molar-refractivity contribution is -0.145. The van der Waals surface area contributed by atoms with Gasteiger partial charge in [-0.2, -0.15) is 18.3 Å². The molecule has 1 N–H and O–H groups in total. The highest BCUT2D eigenvalue weighted by Gasteiger charge is 2.34. The Kier molecular flexibility index (Phi) is 5.55. The summed E-state index contributed by atoms with van der Waals surface area (Å²) in [7, 11) is 1.47. The van der Waals surface area contributed by atoms with Gasteiger partial charge in [-0.05, 0) is 37.7 Å². The number of hydrogen-bond donors (Lipinski definition) is 1. The number of nitrogens with one attached hydrogen (secondary N) is 1. The minimum Gasteiger partial charge on any atom is -0.494 e. The van der Waals surface area contributed by atoms with E-state index in [4.69, 9.17) is 4.74 Å². The second-order valence-corrected chi connectivity index (χ2v) is 7.88. The first-order valence-electron chi connectivity index (χ1n) is 10.0. The molecule has 0 saturated heterocycles. The number of fused-ring (bicyclic) bond motifs is 1. The van der Waals surface area contributed by atoms with Gasteiger partial charge in [0, 0.05) is 30.0 Å². The molecular weight excluding hydrogens is 411 g/mol. The Bertz CT molecular complexity index is 1090. The fourth-order valence-electron chi connectivity index (χ4n) is 3.82. The van der Waals surface area contributed by atoms with Crippen LogP contribution >= 0.6 is 0 Å². The minimum absolute atomic E-state index is 0.0952. The molecule has 0 aliphatic heterocycles. The van der Waals surface area contributed by atoms with Crippen LogP contribution in [0.2, 0.25) is 0 Å². The second-order valence-electron chi connectivity index (χ2n) is 7.88. The number of aromatic nitrogens is 4. The number of carbonyl (C=O) groups excluding carboxylic acids is 1. The normalized spacial score (nSPS) is 19.4. The number of ether oxygens (including phenoxy) is 1. The Labute approximate surface area is 176 Å². The molecule has 0 atom stereocenters. The molecule has 2 heterocycles. The van der Waals surface area contributed by atoms with Crippen molar-refractivity contribution < 1.29 is 22.7 Å². The smallest absolute Gasteiger partial charge is 0.451 e. The molecule has 0 bridgehead atoms. The van der Waals surface area contributed by atoms with E-state index in [0.29, 0.717) is 17.5 Å². The van der Waals surface area contributed by atoms with Crippen LogP contribution in [0.15, 0.2) is 30.7 Å². The number of benzene rings is 1. The summed E-state index contributed by atoms with van der Waals surface area (Å²) in [5.41, 5.74) is 1.03. The molecule has 3 aromatic rings. The summed E-state index contributed by atoms with van der Waals surface area (Å²) in [6.45, 7) is 2.26. The maximum absolute atomic E-state index is 12.6. The van der Waals surface area contributed by atoms with Gasteiger partial charge in [-0.25, -0.2) is 9.97 Å². The van der Waals surface area contributed by atoms with Crippen molar-refractivity contribution in [2.45, 2.75) is 44.8 Å². The highest BCUT2D eigenvalue weighted by atomic mass is 19.4. The molecule has 1 saturated carbocycles. The van der Waals surface area contributed by atoms with Crippen molar-refractivity contribution in [3.8, 4) is 5.75 Å². The van der Waals surface area contributed by atoms with Crippen LogP contribution in [-0.2, 0) is 6.18 Å². The number of alkyl halides is 3. The third-order valence-electron chi connectivity index (χ3n) is 5.62. The predicted molar refractivity (Wildman–Crippen MR) is 108 cm³/mol. The predicted octanol–water partition coefficient (Wildman–Crippen LogP) is 4.86. The Morgan fingerprint density at radius 1 is 1.16 bits per heavy atom. The number of carbonyl (C=O) groups is 1. The molecule has 1 aromatic carbocycles. The summed E-state index contributed by atoms with van der Waals surface area (Å²) in [5.74, 6) is -0.805. The van der Waals surface area contributed by atoms with Gasteiger partial charge in [0.2, 0.25) is 5.82 Å². The van der Waals surface area contributed by atoms with Crippen molar-refractivity contribution in [2.75, 3.05) is 12.4 Å². The summed E-state index contributed by atoms with van der Waals surface area (Å²) < 4.78 is 45.2. The van der Waals surface area contributed by atoms with E-state index in [9.17, 15) is 18.0 Å². The summed E-state index contributed by atoms with van der Waals surface area (Å²) in [6.07, 6.45) is 3.46. The Balaban J connectivity index is 1.57.